The van der Waals surface area contributed by atoms with Gasteiger partial charge >= 0.3 is 6.01 Å². The van der Waals surface area contributed by atoms with E-state index in [2.05, 4.69) is 15.3 Å². The van der Waals surface area contributed by atoms with E-state index in [-0.39, 0.29) is 18.1 Å². The van der Waals surface area contributed by atoms with E-state index in [1.165, 1.54) is 12.4 Å². The van der Waals surface area contributed by atoms with Crippen LogP contribution in [0.1, 0.15) is 36.8 Å². The molecule has 0 spiro atoms. The molecule has 0 aliphatic heterocycles. The minimum Gasteiger partial charge on any atom is -0.496 e. The quantitative estimate of drug-likeness (QED) is 0.818. The summed E-state index contributed by atoms with van der Waals surface area (Å²) in [6.45, 7) is 1.98. The molecule has 0 atom stereocenters. The van der Waals surface area contributed by atoms with Gasteiger partial charge in [0.2, 0.25) is 5.91 Å². The zero-order valence-electron chi connectivity index (χ0n) is 15.6. The summed E-state index contributed by atoms with van der Waals surface area (Å²) < 4.78 is 11.0. The number of ether oxygens (including phenoxy) is 2. The maximum absolute atomic E-state index is 12.3. The number of carbonyl (C=O) groups excluding carboxylic acids is 1. The highest BCUT2D eigenvalue weighted by atomic mass is 35.5. The van der Waals surface area contributed by atoms with E-state index in [0.717, 1.165) is 42.6 Å². The third-order valence-electron chi connectivity index (χ3n) is 4.73. The Labute approximate surface area is 164 Å². The van der Waals surface area contributed by atoms with Gasteiger partial charge in [-0.2, -0.15) is 0 Å². The van der Waals surface area contributed by atoms with E-state index in [1.807, 2.05) is 25.1 Å². The number of aryl methyl sites for hydroxylation is 1. The number of rotatable bonds is 6. The van der Waals surface area contributed by atoms with Crippen LogP contribution in [0, 0.1) is 6.92 Å². The highest BCUT2D eigenvalue weighted by Crippen LogP contribution is 2.23. The molecule has 1 saturated carbocycles. The number of aromatic nitrogens is 2. The second-order valence-corrected chi connectivity index (χ2v) is 7.26. The molecule has 1 amide bonds. The van der Waals surface area contributed by atoms with Crippen LogP contribution in [0.5, 0.6) is 11.8 Å². The summed E-state index contributed by atoms with van der Waals surface area (Å²) in [7, 11) is 1.65. The van der Waals surface area contributed by atoms with Gasteiger partial charge in [0.05, 0.1) is 30.9 Å². The second-order valence-electron chi connectivity index (χ2n) is 6.82. The topological polar surface area (TPSA) is 73.3 Å². The van der Waals surface area contributed by atoms with Gasteiger partial charge in [0, 0.05) is 6.04 Å². The van der Waals surface area contributed by atoms with Gasteiger partial charge in [0.1, 0.15) is 11.9 Å². The molecule has 6 nitrogen and oxygen atoms in total. The average molecular weight is 390 g/mol. The molecule has 1 aromatic heterocycles. The number of hydrogen-bond acceptors (Lipinski definition) is 5. The van der Waals surface area contributed by atoms with Gasteiger partial charge in [0.15, 0.2) is 0 Å². The monoisotopic (exact) mass is 389 g/mol. The Morgan fingerprint density at radius 3 is 2.56 bits per heavy atom. The fourth-order valence-corrected chi connectivity index (χ4v) is 3.45. The Hall–Kier alpha value is -2.34. The summed E-state index contributed by atoms with van der Waals surface area (Å²) in [6, 6.07) is 6.36. The molecule has 0 radical (unpaired) electrons. The van der Waals surface area contributed by atoms with E-state index < -0.39 is 0 Å². The van der Waals surface area contributed by atoms with Crippen molar-refractivity contribution < 1.29 is 14.3 Å². The molecule has 1 aliphatic rings. The Morgan fingerprint density at radius 2 is 1.93 bits per heavy atom. The molecular weight excluding hydrogens is 366 g/mol. The molecule has 1 N–H and O–H groups in total. The predicted molar refractivity (Wildman–Crippen MR) is 103 cm³/mol. The molecule has 1 aromatic carbocycles. The van der Waals surface area contributed by atoms with Crippen LogP contribution in [0.2, 0.25) is 5.02 Å². The summed E-state index contributed by atoms with van der Waals surface area (Å²) in [5.41, 5.74) is 2.02. The Bertz CT molecular complexity index is 775. The first-order chi connectivity index (χ1) is 13.0. The zero-order valence-corrected chi connectivity index (χ0v) is 16.3. The van der Waals surface area contributed by atoms with Gasteiger partial charge in [-0.1, -0.05) is 23.7 Å². The van der Waals surface area contributed by atoms with Crippen molar-refractivity contribution in [2.24, 2.45) is 0 Å². The van der Waals surface area contributed by atoms with Crippen molar-refractivity contribution in [3.8, 4) is 11.8 Å². The fraction of sp³-hybridized carbons (Fsp3) is 0.450. The molecule has 0 bridgehead atoms. The van der Waals surface area contributed by atoms with E-state index >= 15 is 0 Å². The van der Waals surface area contributed by atoms with E-state index in [1.54, 1.807) is 7.11 Å². The number of halogens is 1. The molecule has 1 aliphatic carbocycles. The number of nitrogens with zero attached hydrogens (tertiary/aromatic N) is 2. The van der Waals surface area contributed by atoms with Crippen LogP contribution in [0.25, 0.3) is 0 Å². The number of hydrogen-bond donors (Lipinski definition) is 1. The lowest BCUT2D eigenvalue weighted by Gasteiger charge is -2.28. The molecule has 0 saturated heterocycles. The first-order valence-electron chi connectivity index (χ1n) is 9.10. The standard InChI is InChI=1S/C20H24ClN3O3/c1-13-9-14(3-8-18(13)26-2)10-19(25)24-16-4-6-17(7-5-16)27-20-22-11-15(21)12-23-20/h3,8-9,11-12,16-17H,4-7,10H2,1-2H3,(H,24,25). The van der Waals surface area contributed by atoms with Crippen molar-refractivity contribution in [2.45, 2.75) is 51.2 Å². The lowest BCUT2D eigenvalue weighted by atomic mass is 9.92. The molecule has 0 unspecified atom stereocenters. The minimum atomic E-state index is 0.0463. The Morgan fingerprint density at radius 1 is 1.22 bits per heavy atom. The third kappa shape index (κ3) is 5.57. The lowest BCUT2D eigenvalue weighted by Crippen LogP contribution is -2.40. The molecule has 2 aromatic rings. The Balaban J connectivity index is 1.43. The molecule has 1 heterocycles. The number of nitrogens with one attached hydrogen (secondary N) is 1. The first-order valence-corrected chi connectivity index (χ1v) is 9.48. The maximum atomic E-state index is 12.3. The summed E-state index contributed by atoms with van der Waals surface area (Å²) in [5, 5.41) is 3.62. The summed E-state index contributed by atoms with van der Waals surface area (Å²) in [5.74, 6) is 0.882. The van der Waals surface area contributed by atoms with Crippen molar-refractivity contribution in [3.63, 3.8) is 0 Å². The number of amides is 1. The fourth-order valence-electron chi connectivity index (χ4n) is 3.35. The molecule has 144 valence electrons. The lowest BCUT2D eigenvalue weighted by molar-refractivity contribution is -0.121. The van der Waals surface area contributed by atoms with Crippen LogP contribution in [0.3, 0.4) is 0 Å². The van der Waals surface area contributed by atoms with Crippen LogP contribution in [0.4, 0.5) is 0 Å². The van der Waals surface area contributed by atoms with Crippen molar-refractivity contribution >= 4 is 17.5 Å². The van der Waals surface area contributed by atoms with Gasteiger partial charge in [-0.05, 0) is 49.8 Å². The van der Waals surface area contributed by atoms with Crippen LogP contribution in [0.15, 0.2) is 30.6 Å². The average Bonchev–Trinajstić information content (AvgIpc) is 2.65. The van der Waals surface area contributed by atoms with Gasteiger partial charge in [-0.25, -0.2) is 9.97 Å². The number of methoxy groups -OCH3 is 1. The molecule has 27 heavy (non-hydrogen) atoms. The molecule has 1 fully saturated rings. The van der Waals surface area contributed by atoms with Gasteiger partial charge in [0.25, 0.3) is 0 Å². The first kappa shape index (κ1) is 19.4. The SMILES string of the molecule is COc1ccc(CC(=O)NC2CCC(Oc3ncc(Cl)cn3)CC2)cc1C. The maximum Gasteiger partial charge on any atom is 0.316 e. The van der Waals surface area contributed by atoms with Crippen molar-refractivity contribution in [1.82, 2.24) is 15.3 Å². The number of carbonyl (C=O) groups is 1. The van der Waals surface area contributed by atoms with E-state index in [0.29, 0.717) is 17.5 Å². The van der Waals surface area contributed by atoms with E-state index in [9.17, 15) is 4.79 Å². The van der Waals surface area contributed by atoms with Gasteiger partial charge < -0.3 is 14.8 Å². The van der Waals surface area contributed by atoms with Crippen molar-refractivity contribution in [1.29, 1.82) is 0 Å². The highest BCUT2D eigenvalue weighted by Gasteiger charge is 2.24. The van der Waals surface area contributed by atoms with Crippen LogP contribution in [-0.4, -0.2) is 35.1 Å². The molecule has 7 heteroatoms. The number of benzene rings is 1. The second kappa shape index (κ2) is 9.04. The van der Waals surface area contributed by atoms with Gasteiger partial charge in [-0.15, -0.1) is 0 Å². The van der Waals surface area contributed by atoms with Gasteiger partial charge in [-0.3, -0.25) is 4.79 Å². The summed E-state index contributed by atoms with van der Waals surface area (Å²) in [6.07, 6.45) is 6.98. The zero-order chi connectivity index (χ0) is 19.2. The predicted octanol–water partition coefficient (Wildman–Crippen LogP) is 3.50. The molecular formula is C20H24ClN3O3. The van der Waals surface area contributed by atoms with E-state index in [4.69, 9.17) is 21.1 Å². The third-order valence-corrected chi connectivity index (χ3v) is 4.93. The molecule has 3 rings (SSSR count). The minimum absolute atomic E-state index is 0.0463. The summed E-state index contributed by atoms with van der Waals surface area (Å²) in [4.78, 5) is 20.5. The van der Waals surface area contributed by atoms with Crippen LogP contribution in [-0.2, 0) is 11.2 Å². The normalized spacial score (nSPS) is 19.4. The highest BCUT2D eigenvalue weighted by molar-refractivity contribution is 6.30. The largest absolute Gasteiger partial charge is 0.496 e. The van der Waals surface area contributed by atoms with Crippen LogP contribution < -0.4 is 14.8 Å². The smallest absolute Gasteiger partial charge is 0.316 e. The van der Waals surface area contributed by atoms with Crippen molar-refractivity contribution in [2.75, 3.05) is 7.11 Å². The van der Waals surface area contributed by atoms with Crippen LogP contribution >= 0.6 is 11.6 Å². The summed E-state index contributed by atoms with van der Waals surface area (Å²) >= 11 is 5.78. The Kier molecular flexibility index (Phi) is 6.50. The van der Waals surface area contributed by atoms with Crippen molar-refractivity contribution in [3.05, 3.63) is 46.7 Å².